The van der Waals surface area contributed by atoms with Crippen LogP contribution in [0.25, 0.3) is 0 Å². The van der Waals surface area contributed by atoms with Gasteiger partial charge in [-0.1, -0.05) is 13.3 Å². The van der Waals surface area contributed by atoms with Crippen molar-refractivity contribution >= 4 is 23.2 Å². The predicted molar refractivity (Wildman–Crippen MR) is 110 cm³/mol. The first-order chi connectivity index (χ1) is 13.1. The smallest absolute Gasteiger partial charge is 0.272 e. The first-order valence-corrected chi connectivity index (χ1v) is 9.80. The van der Waals surface area contributed by atoms with Crippen molar-refractivity contribution in [2.24, 2.45) is 0 Å². The Morgan fingerprint density at radius 2 is 1.89 bits per heavy atom. The van der Waals surface area contributed by atoms with E-state index >= 15 is 0 Å². The zero-order valence-electron chi connectivity index (χ0n) is 16.5. The van der Waals surface area contributed by atoms with Crippen molar-refractivity contribution in [1.29, 1.82) is 0 Å². The predicted octanol–water partition coefficient (Wildman–Crippen LogP) is 4.00. The lowest BCUT2D eigenvalue weighted by molar-refractivity contribution is 0.0787. The lowest BCUT2D eigenvalue weighted by atomic mass is 10.2. The number of aryl methyl sites for hydroxylation is 1. The number of nitrogens with zero attached hydrogens (tertiary/aromatic N) is 4. The summed E-state index contributed by atoms with van der Waals surface area (Å²) in [6.45, 7) is 6.99. The molecule has 2 aromatic rings. The van der Waals surface area contributed by atoms with Crippen molar-refractivity contribution in [2.75, 3.05) is 36.9 Å². The molecule has 0 aliphatic carbocycles. The molecule has 1 saturated heterocycles. The van der Waals surface area contributed by atoms with Crippen molar-refractivity contribution in [1.82, 2.24) is 14.9 Å². The van der Waals surface area contributed by atoms with Crippen molar-refractivity contribution < 1.29 is 4.79 Å². The van der Waals surface area contributed by atoms with Crippen LogP contribution >= 0.6 is 0 Å². The number of rotatable bonds is 7. The minimum atomic E-state index is -0.0682. The lowest BCUT2D eigenvalue weighted by Crippen LogP contribution is -2.28. The molecule has 1 aliphatic rings. The average Bonchev–Trinajstić information content (AvgIpc) is 3.20. The van der Waals surface area contributed by atoms with Gasteiger partial charge in [-0.15, -0.1) is 0 Å². The fourth-order valence-corrected chi connectivity index (χ4v) is 3.29. The first-order valence-electron chi connectivity index (χ1n) is 9.80. The molecule has 144 valence electrons. The molecule has 3 rings (SSSR count). The maximum absolute atomic E-state index is 12.6. The van der Waals surface area contributed by atoms with Gasteiger partial charge in [-0.05, 0) is 56.5 Å². The summed E-state index contributed by atoms with van der Waals surface area (Å²) in [6, 6.07) is 10.1. The number of hydrogen-bond donors (Lipinski definition) is 1. The molecule has 1 aromatic carbocycles. The van der Waals surface area contributed by atoms with E-state index in [9.17, 15) is 4.79 Å². The summed E-state index contributed by atoms with van der Waals surface area (Å²) in [7, 11) is 1.82. The van der Waals surface area contributed by atoms with Crippen LogP contribution in [0.3, 0.4) is 0 Å². The summed E-state index contributed by atoms with van der Waals surface area (Å²) in [5.74, 6) is 0.387. The third-order valence-corrected chi connectivity index (χ3v) is 4.86. The number of unbranched alkanes of at least 4 members (excludes halogenated alkanes) is 1. The quantitative estimate of drug-likeness (QED) is 0.801. The van der Waals surface area contributed by atoms with Gasteiger partial charge < -0.3 is 15.1 Å². The number of hydrogen-bond acceptors (Lipinski definition) is 5. The molecule has 0 unspecified atom stereocenters. The van der Waals surface area contributed by atoms with Gasteiger partial charge in [-0.2, -0.15) is 0 Å². The summed E-state index contributed by atoms with van der Waals surface area (Å²) in [5.41, 5.74) is 3.36. The van der Waals surface area contributed by atoms with E-state index in [1.165, 1.54) is 18.5 Å². The van der Waals surface area contributed by atoms with E-state index in [0.29, 0.717) is 11.6 Å². The number of benzene rings is 1. The van der Waals surface area contributed by atoms with E-state index in [2.05, 4.69) is 39.2 Å². The molecule has 27 heavy (non-hydrogen) atoms. The number of carbonyl (C=O) groups excluding carboxylic acids is 1. The SMILES string of the molecule is CCCCN(C)C(=O)c1cc(C)nc(Nc2ccc(N3CCCC3)cc2)n1. The number of amides is 1. The molecule has 1 fully saturated rings. The van der Waals surface area contributed by atoms with Crippen LogP contribution in [0.15, 0.2) is 30.3 Å². The largest absolute Gasteiger partial charge is 0.372 e. The summed E-state index contributed by atoms with van der Waals surface area (Å²) in [6.07, 6.45) is 4.57. The van der Waals surface area contributed by atoms with Crippen molar-refractivity contribution in [3.63, 3.8) is 0 Å². The molecule has 6 nitrogen and oxygen atoms in total. The summed E-state index contributed by atoms with van der Waals surface area (Å²) in [4.78, 5) is 25.6. The highest BCUT2D eigenvalue weighted by atomic mass is 16.2. The molecule has 0 atom stereocenters. The maximum atomic E-state index is 12.6. The van der Waals surface area contributed by atoms with E-state index in [1.807, 2.05) is 26.1 Å². The molecular weight excluding hydrogens is 338 g/mol. The second-order valence-electron chi connectivity index (χ2n) is 7.16. The second kappa shape index (κ2) is 8.84. The average molecular weight is 367 g/mol. The van der Waals surface area contributed by atoms with Crippen LogP contribution in [0.1, 0.15) is 48.8 Å². The Morgan fingerprint density at radius 3 is 2.56 bits per heavy atom. The van der Waals surface area contributed by atoms with Crippen molar-refractivity contribution in [3.05, 3.63) is 41.7 Å². The molecule has 2 heterocycles. The number of carbonyl (C=O) groups is 1. The highest BCUT2D eigenvalue weighted by molar-refractivity contribution is 5.92. The van der Waals surface area contributed by atoms with E-state index in [-0.39, 0.29) is 5.91 Å². The Balaban J connectivity index is 1.71. The zero-order valence-corrected chi connectivity index (χ0v) is 16.5. The fraction of sp³-hybridized carbons (Fsp3) is 0.476. The van der Waals surface area contributed by atoms with Gasteiger partial charge in [-0.3, -0.25) is 4.79 Å². The third-order valence-electron chi connectivity index (χ3n) is 4.86. The number of nitrogens with one attached hydrogen (secondary N) is 1. The standard InChI is InChI=1S/C21H29N5O/c1-4-5-12-25(3)20(27)19-15-16(2)22-21(24-19)23-17-8-10-18(11-9-17)26-13-6-7-14-26/h8-11,15H,4-7,12-14H2,1-3H3,(H,22,23,24). The van der Waals surface area contributed by atoms with Crippen LogP contribution in [0, 0.1) is 6.92 Å². The summed E-state index contributed by atoms with van der Waals surface area (Å²) in [5, 5.41) is 3.23. The van der Waals surface area contributed by atoms with Gasteiger partial charge in [-0.25, -0.2) is 9.97 Å². The maximum Gasteiger partial charge on any atom is 0.272 e. The molecule has 1 N–H and O–H groups in total. The van der Waals surface area contributed by atoms with Gasteiger partial charge in [0.2, 0.25) is 5.95 Å². The van der Waals surface area contributed by atoms with E-state index < -0.39 is 0 Å². The lowest BCUT2D eigenvalue weighted by Gasteiger charge is -2.18. The normalized spacial score (nSPS) is 13.7. The van der Waals surface area contributed by atoms with Crippen LogP contribution in [-0.2, 0) is 0 Å². The van der Waals surface area contributed by atoms with Crippen LogP contribution in [0.4, 0.5) is 17.3 Å². The fourth-order valence-electron chi connectivity index (χ4n) is 3.29. The van der Waals surface area contributed by atoms with Gasteiger partial charge in [0.1, 0.15) is 5.69 Å². The Hall–Kier alpha value is -2.63. The molecular formula is C21H29N5O. The molecule has 6 heteroatoms. The molecule has 0 spiro atoms. The number of anilines is 3. The van der Waals surface area contributed by atoms with E-state index in [4.69, 9.17) is 0 Å². The molecule has 0 radical (unpaired) electrons. The van der Waals surface area contributed by atoms with Crippen molar-refractivity contribution in [3.8, 4) is 0 Å². The second-order valence-corrected chi connectivity index (χ2v) is 7.16. The van der Waals surface area contributed by atoms with Crippen LogP contribution in [0.5, 0.6) is 0 Å². The third kappa shape index (κ3) is 4.96. The number of aromatic nitrogens is 2. The molecule has 1 aliphatic heterocycles. The Kier molecular flexibility index (Phi) is 6.27. The Bertz CT molecular complexity index is 769. The van der Waals surface area contributed by atoms with E-state index in [0.717, 1.165) is 43.9 Å². The van der Waals surface area contributed by atoms with Crippen LogP contribution in [0.2, 0.25) is 0 Å². The highest BCUT2D eigenvalue weighted by Crippen LogP contribution is 2.23. The van der Waals surface area contributed by atoms with E-state index in [1.54, 1.807) is 11.0 Å². The molecule has 0 bridgehead atoms. The summed E-state index contributed by atoms with van der Waals surface area (Å²) < 4.78 is 0. The van der Waals surface area contributed by atoms with Gasteiger partial charge in [0, 0.05) is 43.8 Å². The first kappa shape index (κ1) is 19.1. The Labute approximate surface area is 161 Å². The van der Waals surface area contributed by atoms with Gasteiger partial charge >= 0.3 is 0 Å². The van der Waals surface area contributed by atoms with Crippen LogP contribution < -0.4 is 10.2 Å². The van der Waals surface area contributed by atoms with Gasteiger partial charge in [0.05, 0.1) is 0 Å². The molecule has 0 saturated carbocycles. The summed E-state index contributed by atoms with van der Waals surface area (Å²) >= 11 is 0. The van der Waals surface area contributed by atoms with Gasteiger partial charge in [0.15, 0.2) is 0 Å². The van der Waals surface area contributed by atoms with Crippen molar-refractivity contribution in [2.45, 2.75) is 39.5 Å². The minimum Gasteiger partial charge on any atom is -0.372 e. The topological polar surface area (TPSA) is 61.4 Å². The zero-order chi connectivity index (χ0) is 19.2. The minimum absolute atomic E-state index is 0.0682. The monoisotopic (exact) mass is 367 g/mol. The molecule has 1 amide bonds. The van der Waals surface area contributed by atoms with Gasteiger partial charge in [0.25, 0.3) is 5.91 Å². The Morgan fingerprint density at radius 1 is 1.19 bits per heavy atom. The molecule has 1 aromatic heterocycles. The van der Waals surface area contributed by atoms with Crippen LogP contribution in [-0.4, -0.2) is 47.5 Å². The highest BCUT2D eigenvalue weighted by Gasteiger charge is 2.15.